The number of hydrogen-bond acceptors (Lipinski definition) is 6. The highest BCUT2D eigenvalue weighted by Crippen LogP contribution is 2.25. The summed E-state index contributed by atoms with van der Waals surface area (Å²) in [6, 6.07) is 9.85. The smallest absolute Gasteiger partial charge is 0.235 e. The quantitative estimate of drug-likeness (QED) is 0.573. The third kappa shape index (κ3) is 2.46. The Morgan fingerprint density at radius 3 is 2.77 bits per heavy atom. The van der Waals surface area contributed by atoms with Crippen LogP contribution in [0.25, 0.3) is 15.7 Å². The van der Waals surface area contributed by atoms with Crippen LogP contribution in [0.3, 0.4) is 0 Å². The first-order valence-electron chi connectivity index (χ1n) is 6.43. The zero-order valence-electron chi connectivity index (χ0n) is 11.1. The van der Waals surface area contributed by atoms with Gasteiger partial charge in [-0.3, -0.25) is 0 Å². The van der Waals surface area contributed by atoms with Crippen molar-refractivity contribution in [1.29, 1.82) is 0 Å². The molecule has 4 rings (SSSR count). The normalized spacial score (nSPS) is 11.1. The molecular weight excluding hydrogens is 323 g/mol. The van der Waals surface area contributed by atoms with E-state index in [9.17, 15) is 4.39 Å². The van der Waals surface area contributed by atoms with Gasteiger partial charge in [0.25, 0.3) is 0 Å². The molecule has 0 aliphatic rings. The standard InChI is InChI=1S/C14H9FN4OS2/c15-9-3-5-10(6-4-9)20-8-12-18-19-13(11-2-1-7-21-11)16-17-14(19)22-12/h1-7H,8H2. The lowest BCUT2D eigenvalue weighted by Crippen LogP contribution is -1.97. The van der Waals surface area contributed by atoms with Crippen LogP contribution >= 0.6 is 22.7 Å². The topological polar surface area (TPSA) is 52.3 Å². The van der Waals surface area contributed by atoms with Crippen LogP contribution in [0.1, 0.15) is 5.01 Å². The molecule has 0 bridgehead atoms. The van der Waals surface area contributed by atoms with Gasteiger partial charge in [0, 0.05) is 0 Å². The highest BCUT2D eigenvalue weighted by atomic mass is 32.1. The highest BCUT2D eigenvalue weighted by Gasteiger charge is 2.14. The fraction of sp³-hybridized carbons (Fsp3) is 0.0714. The molecule has 110 valence electrons. The van der Waals surface area contributed by atoms with Crippen LogP contribution in [0.15, 0.2) is 41.8 Å². The minimum absolute atomic E-state index is 0.285. The zero-order valence-corrected chi connectivity index (χ0v) is 12.8. The predicted octanol–water partition coefficient (Wildman–Crippen LogP) is 3.63. The first-order valence-corrected chi connectivity index (χ1v) is 8.12. The molecule has 22 heavy (non-hydrogen) atoms. The van der Waals surface area contributed by atoms with Gasteiger partial charge in [-0.1, -0.05) is 17.4 Å². The molecule has 3 heterocycles. The first kappa shape index (κ1) is 13.4. The Hall–Kier alpha value is -2.32. The molecule has 0 amide bonds. The summed E-state index contributed by atoms with van der Waals surface area (Å²) in [6.45, 7) is 0.309. The summed E-state index contributed by atoms with van der Waals surface area (Å²) >= 11 is 3.01. The number of benzene rings is 1. The van der Waals surface area contributed by atoms with Gasteiger partial charge in [-0.25, -0.2) is 4.39 Å². The minimum atomic E-state index is -0.285. The average molecular weight is 332 g/mol. The van der Waals surface area contributed by atoms with Crippen molar-refractivity contribution in [2.75, 3.05) is 0 Å². The van der Waals surface area contributed by atoms with Crippen molar-refractivity contribution < 1.29 is 9.13 Å². The van der Waals surface area contributed by atoms with Crippen LogP contribution in [0, 0.1) is 5.82 Å². The van der Waals surface area contributed by atoms with Gasteiger partial charge >= 0.3 is 0 Å². The van der Waals surface area contributed by atoms with Crippen LogP contribution in [-0.2, 0) is 6.61 Å². The summed E-state index contributed by atoms with van der Waals surface area (Å²) in [6.07, 6.45) is 0. The van der Waals surface area contributed by atoms with Crippen molar-refractivity contribution in [3.8, 4) is 16.5 Å². The van der Waals surface area contributed by atoms with Crippen molar-refractivity contribution in [1.82, 2.24) is 19.8 Å². The second-order valence-corrected chi connectivity index (χ2v) is 6.42. The van der Waals surface area contributed by atoms with Gasteiger partial charge in [0.05, 0.1) is 4.88 Å². The van der Waals surface area contributed by atoms with Gasteiger partial charge in [-0.05, 0) is 35.7 Å². The molecule has 0 fully saturated rings. The molecule has 0 saturated heterocycles. The molecule has 0 atom stereocenters. The molecule has 0 aliphatic heterocycles. The molecule has 3 aromatic heterocycles. The van der Waals surface area contributed by atoms with Gasteiger partial charge in [-0.15, -0.1) is 21.5 Å². The maximum atomic E-state index is 12.8. The summed E-state index contributed by atoms with van der Waals surface area (Å²) in [5.74, 6) is 1.05. The predicted molar refractivity (Wildman–Crippen MR) is 82.7 cm³/mol. The summed E-state index contributed by atoms with van der Waals surface area (Å²) in [5, 5.41) is 15.5. The molecule has 4 aromatic rings. The van der Waals surface area contributed by atoms with Crippen LogP contribution in [0.4, 0.5) is 4.39 Å². The molecule has 0 unspecified atom stereocenters. The van der Waals surface area contributed by atoms with E-state index in [4.69, 9.17) is 4.74 Å². The zero-order chi connectivity index (χ0) is 14.9. The lowest BCUT2D eigenvalue weighted by Gasteiger charge is -2.02. The fourth-order valence-corrected chi connectivity index (χ4v) is 3.39. The number of rotatable bonds is 4. The number of nitrogens with zero attached hydrogens (tertiary/aromatic N) is 4. The number of hydrogen-bond donors (Lipinski definition) is 0. The Balaban J connectivity index is 1.57. The highest BCUT2D eigenvalue weighted by molar-refractivity contribution is 7.16. The Kier molecular flexibility index (Phi) is 3.32. The van der Waals surface area contributed by atoms with Gasteiger partial charge in [0.1, 0.15) is 18.2 Å². The minimum Gasteiger partial charge on any atom is -0.486 e. The Morgan fingerprint density at radius 2 is 2.00 bits per heavy atom. The number of thiophene rings is 1. The molecule has 1 aromatic carbocycles. The molecule has 0 aliphatic carbocycles. The molecule has 0 N–H and O–H groups in total. The van der Waals surface area contributed by atoms with Crippen molar-refractivity contribution in [3.63, 3.8) is 0 Å². The second kappa shape index (κ2) is 5.47. The molecule has 0 radical (unpaired) electrons. The van der Waals surface area contributed by atoms with Crippen molar-refractivity contribution in [2.45, 2.75) is 6.61 Å². The Morgan fingerprint density at radius 1 is 1.14 bits per heavy atom. The van der Waals surface area contributed by atoms with E-state index >= 15 is 0 Å². The lowest BCUT2D eigenvalue weighted by molar-refractivity contribution is 0.303. The second-order valence-electron chi connectivity index (χ2n) is 4.43. The van der Waals surface area contributed by atoms with Crippen LogP contribution in [0.5, 0.6) is 5.75 Å². The van der Waals surface area contributed by atoms with Crippen LogP contribution in [0.2, 0.25) is 0 Å². The first-order chi connectivity index (χ1) is 10.8. The van der Waals surface area contributed by atoms with E-state index in [2.05, 4.69) is 15.3 Å². The molecule has 0 spiro atoms. The maximum Gasteiger partial charge on any atom is 0.235 e. The number of ether oxygens (including phenoxy) is 1. The molecular formula is C14H9FN4OS2. The largest absolute Gasteiger partial charge is 0.486 e. The van der Waals surface area contributed by atoms with E-state index in [1.54, 1.807) is 28.0 Å². The van der Waals surface area contributed by atoms with Gasteiger partial charge < -0.3 is 4.74 Å². The van der Waals surface area contributed by atoms with E-state index in [1.807, 2.05) is 17.5 Å². The summed E-state index contributed by atoms with van der Waals surface area (Å²) in [4.78, 5) is 1.74. The van der Waals surface area contributed by atoms with Gasteiger partial charge in [0.2, 0.25) is 4.96 Å². The molecule has 0 saturated carbocycles. The van der Waals surface area contributed by atoms with E-state index < -0.39 is 0 Å². The maximum absolute atomic E-state index is 12.8. The van der Waals surface area contributed by atoms with Crippen molar-refractivity contribution in [2.24, 2.45) is 0 Å². The monoisotopic (exact) mass is 332 g/mol. The summed E-state index contributed by atoms with van der Waals surface area (Å²) < 4.78 is 20.2. The van der Waals surface area contributed by atoms with E-state index in [-0.39, 0.29) is 5.82 Å². The van der Waals surface area contributed by atoms with Crippen molar-refractivity contribution in [3.05, 3.63) is 52.6 Å². The van der Waals surface area contributed by atoms with Crippen LogP contribution in [-0.4, -0.2) is 19.8 Å². The SMILES string of the molecule is Fc1ccc(OCc2nn3c(-c4cccs4)nnc3s2)cc1. The number of fused-ring (bicyclic) bond motifs is 1. The van der Waals surface area contributed by atoms with Gasteiger partial charge in [-0.2, -0.15) is 9.61 Å². The lowest BCUT2D eigenvalue weighted by atomic mass is 10.3. The van der Waals surface area contributed by atoms with E-state index in [0.717, 1.165) is 20.7 Å². The van der Waals surface area contributed by atoms with Crippen molar-refractivity contribution >= 4 is 27.6 Å². The Labute approximate surface area is 132 Å². The summed E-state index contributed by atoms with van der Waals surface area (Å²) in [7, 11) is 0. The Bertz CT molecular complexity index is 899. The number of aromatic nitrogens is 4. The van der Waals surface area contributed by atoms with E-state index in [0.29, 0.717) is 12.4 Å². The fourth-order valence-electron chi connectivity index (χ4n) is 1.95. The van der Waals surface area contributed by atoms with Gasteiger partial charge in [0.15, 0.2) is 10.8 Å². The average Bonchev–Trinajstić information content (AvgIpc) is 3.22. The van der Waals surface area contributed by atoms with Crippen LogP contribution < -0.4 is 4.74 Å². The van der Waals surface area contributed by atoms with E-state index in [1.165, 1.54) is 23.5 Å². The molecule has 8 heteroatoms. The third-order valence-electron chi connectivity index (χ3n) is 2.95. The number of halogens is 1. The molecule has 5 nitrogen and oxygen atoms in total. The summed E-state index contributed by atoms with van der Waals surface area (Å²) in [5.41, 5.74) is 0. The third-order valence-corrected chi connectivity index (χ3v) is 4.69.